The summed E-state index contributed by atoms with van der Waals surface area (Å²) in [6.07, 6.45) is 0. The number of nitrogens with zero attached hydrogens (tertiary/aromatic N) is 1. The van der Waals surface area contributed by atoms with E-state index in [4.69, 9.17) is 5.11 Å². The van der Waals surface area contributed by atoms with Gasteiger partial charge in [-0.25, -0.2) is 14.0 Å². The van der Waals surface area contributed by atoms with Gasteiger partial charge < -0.3 is 10.1 Å². The number of aromatic nitrogens is 2. The lowest BCUT2D eigenvalue weighted by Gasteiger charge is -2.06. The molecule has 0 atom stereocenters. The van der Waals surface area contributed by atoms with Gasteiger partial charge in [0.25, 0.3) is 0 Å². The van der Waals surface area contributed by atoms with Crippen molar-refractivity contribution in [2.24, 2.45) is 0 Å². The van der Waals surface area contributed by atoms with Gasteiger partial charge in [0.1, 0.15) is 5.82 Å². The Labute approximate surface area is 131 Å². The Kier molecular flexibility index (Phi) is 3.28. The molecular formula is C14H8FIN2O3. The van der Waals surface area contributed by atoms with E-state index in [-0.39, 0.29) is 5.56 Å². The Balaban J connectivity index is 2.35. The quantitative estimate of drug-likeness (QED) is 0.652. The molecule has 5 nitrogen and oxygen atoms in total. The highest BCUT2D eigenvalue weighted by Gasteiger charge is 2.14. The molecule has 0 aliphatic rings. The maximum Gasteiger partial charge on any atom is 0.335 e. The molecule has 0 unspecified atom stereocenters. The average molecular weight is 398 g/mol. The predicted octanol–water partition coefficient (Wildman–Crippen LogP) is 2.76. The highest BCUT2D eigenvalue weighted by molar-refractivity contribution is 14.1. The van der Waals surface area contributed by atoms with Gasteiger partial charge in [0.15, 0.2) is 0 Å². The third-order valence-corrected chi connectivity index (χ3v) is 3.94. The minimum absolute atomic E-state index is 0.0763. The van der Waals surface area contributed by atoms with Crippen molar-refractivity contribution in [3.63, 3.8) is 0 Å². The second kappa shape index (κ2) is 4.99. The Morgan fingerprint density at radius 3 is 2.67 bits per heavy atom. The fourth-order valence-corrected chi connectivity index (χ4v) is 2.86. The lowest BCUT2D eigenvalue weighted by atomic mass is 10.2. The van der Waals surface area contributed by atoms with Gasteiger partial charge in [0.05, 0.1) is 22.3 Å². The van der Waals surface area contributed by atoms with Crippen LogP contribution in [-0.4, -0.2) is 20.6 Å². The summed E-state index contributed by atoms with van der Waals surface area (Å²) in [5.74, 6) is -1.48. The fraction of sp³-hybridized carbons (Fsp3) is 0. The van der Waals surface area contributed by atoms with Crippen LogP contribution in [0.5, 0.6) is 0 Å². The molecule has 0 radical (unpaired) electrons. The molecule has 0 saturated heterocycles. The van der Waals surface area contributed by atoms with Crippen molar-refractivity contribution in [3.8, 4) is 5.69 Å². The summed E-state index contributed by atoms with van der Waals surface area (Å²) in [6.45, 7) is 0. The monoisotopic (exact) mass is 398 g/mol. The predicted molar refractivity (Wildman–Crippen MR) is 83.5 cm³/mol. The SMILES string of the molecule is O=C(O)c1ccc2[nH]c(=O)n(-c3ccc(F)cc3I)c2c1. The number of fused-ring (bicyclic) bond motifs is 1. The van der Waals surface area contributed by atoms with Gasteiger partial charge in [-0.3, -0.25) is 4.57 Å². The van der Waals surface area contributed by atoms with E-state index in [9.17, 15) is 14.0 Å². The van der Waals surface area contributed by atoms with Crippen LogP contribution in [-0.2, 0) is 0 Å². The largest absolute Gasteiger partial charge is 0.478 e. The van der Waals surface area contributed by atoms with E-state index < -0.39 is 17.5 Å². The maximum absolute atomic E-state index is 13.2. The third-order valence-electron chi connectivity index (χ3n) is 3.08. The number of H-pyrrole nitrogens is 1. The zero-order chi connectivity index (χ0) is 15.1. The molecular weight excluding hydrogens is 390 g/mol. The smallest absolute Gasteiger partial charge is 0.335 e. The number of carboxylic acid groups (broad SMARTS) is 1. The Morgan fingerprint density at radius 2 is 2.00 bits per heavy atom. The molecule has 2 N–H and O–H groups in total. The maximum atomic E-state index is 13.2. The zero-order valence-corrected chi connectivity index (χ0v) is 12.6. The zero-order valence-electron chi connectivity index (χ0n) is 10.4. The molecule has 0 fully saturated rings. The van der Waals surface area contributed by atoms with Crippen molar-refractivity contribution in [2.45, 2.75) is 0 Å². The molecule has 1 aromatic heterocycles. The summed E-state index contributed by atoms with van der Waals surface area (Å²) in [7, 11) is 0. The summed E-state index contributed by atoms with van der Waals surface area (Å²) < 4.78 is 15.1. The van der Waals surface area contributed by atoms with Crippen LogP contribution in [0.15, 0.2) is 41.2 Å². The minimum atomic E-state index is -1.08. The van der Waals surface area contributed by atoms with Gasteiger partial charge in [-0.15, -0.1) is 0 Å². The van der Waals surface area contributed by atoms with Crippen molar-refractivity contribution in [2.75, 3.05) is 0 Å². The highest BCUT2D eigenvalue weighted by atomic mass is 127. The van der Waals surface area contributed by atoms with Gasteiger partial charge in [-0.05, 0) is 59.0 Å². The number of hydrogen-bond acceptors (Lipinski definition) is 2. The van der Waals surface area contributed by atoms with Gasteiger partial charge >= 0.3 is 11.7 Å². The Bertz CT molecular complexity index is 930. The third kappa shape index (κ3) is 2.33. The van der Waals surface area contributed by atoms with Crippen molar-refractivity contribution < 1.29 is 14.3 Å². The molecule has 0 aliphatic carbocycles. The number of benzene rings is 2. The van der Waals surface area contributed by atoms with E-state index in [2.05, 4.69) is 4.98 Å². The van der Waals surface area contributed by atoms with E-state index in [0.717, 1.165) is 0 Å². The summed E-state index contributed by atoms with van der Waals surface area (Å²) in [5.41, 5.74) is 1.12. The number of halogens is 2. The summed E-state index contributed by atoms with van der Waals surface area (Å²) in [6, 6.07) is 8.41. The van der Waals surface area contributed by atoms with Crippen LogP contribution >= 0.6 is 22.6 Å². The van der Waals surface area contributed by atoms with Gasteiger partial charge in [-0.2, -0.15) is 0 Å². The molecule has 106 valence electrons. The number of carboxylic acids is 1. The van der Waals surface area contributed by atoms with E-state index in [0.29, 0.717) is 20.3 Å². The van der Waals surface area contributed by atoms with Crippen molar-refractivity contribution in [1.82, 2.24) is 9.55 Å². The van der Waals surface area contributed by atoms with Crippen LogP contribution in [0, 0.1) is 9.39 Å². The van der Waals surface area contributed by atoms with Crippen molar-refractivity contribution in [1.29, 1.82) is 0 Å². The van der Waals surface area contributed by atoms with Gasteiger partial charge in [-0.1, -0.05) is 0 Å². The van der Waals surface area contributed by atoms with Crippen molar-refractivity contribution >= 4 is 39.6 Å². The van der Waals surface area contributed by atoms with E-state index >= 15 is 0 Å². The molecule has 3 rings (SSSR count). The Hall–Kier alpha value is -2.16. The molecule has 3 aromatic rings. The highest BCUT2D eigenvalue weighted by Crippen LogP contribution is 2.22. The molecule has 0 spiro atoms. The Morgan fingerprint density at radius 1 is 1.24 bits per heavy atom. The van der Waals surface area contributed by atoms with Crippen LogP contribution in [0.25, 0.3) is 16.7 Å². The van der Waals surface area contributed by atoms with E-state index in [1.54, 1.807) is 0 Å². The standard InChI is InChI=1S/C14H8FIN2O3/c15-8-2-4-11(9(16)6-8)18-12-5-7(13(19)20)1-3-10(12)17-14(18)21/h1-6H,(H,17,21)(H,19,20). The number of rotatable bonds is 2. The molecule has 1 heterocycles. The number of carbonyl (C=O) groups is 1. The van der Waals surface area contributed by atoms with E-state index in [1.165, 1.54) is 41.0 Å². The second-order valence-corrected chi connectivity index (χ2v) is 5.56. The first-order valence-corrected chi connectivity index (χ1v) is 6.99. The fourth-order valence-electron chi connectivity index (χ4n) is 2.14. The van der Waals surface area contributed by atoms with E-state index in [1.807, 2.05) is 22.6 Å². The molecule has 0 amide bonds. The second-order valence-electron chi connectivity index (χ2n) is 4.40. The number of aromatic carboxylic acids is 1. The van der Waals surface area contributed by atoms with Crippen LogP contribution in [0.4, 0.5) is 4.39 Å². The molecule has 7 heteroatoms. The normalized spacial score (nSPS) is 11.0. The van der Waals surface area contributed by atoms with Crippen molar-refractivity contribution in [3.05, 3.63) is 61.8 Å². The topological polar surface area (TPSA) is 75.1 Å². The van der Waals surface area contributed by atoms with Crippen LogP contribution < -0.4 is 5.69 Å². The minimum Gasteiger partial charge on any atom is -0.478 e. The molecule has 21 heavy (non-hydrogen) atoms. The lowest BCUT2D eigenvalue weighted by Crippen LogP contribution is -2.15. The lowest BCUT2D eigenvalue weighted by molar-refractivity contribution is 0.0697. The van der Waals surface area contributed by atoms with Crippen LogP contribution in [0.2, 0.25) is 0 Å². The first-order chi connectivity index (χ1) is 9.97. The summed E-state index contributed by atoms with van der Waals surface area (Å²) in [4.78, 5) is 25.8. The first kappa shape index (κ1) is 13.8. The molecule has 2 aromatic carbocycles. The average Bonchev–Trinajstić information content (AvgIpc) is 2.74. The number of nitrogens with one attached hydrogen (secondary N) is 1. The van der Waals surface area contributed by atoms with Gasteiger partial charge in [0, 0.05) is 3.57 Å². The number of imidazole rings is 1. The number of aromatic amines is 1. The molecule has 0 bridgehead atoms. The summed E-state index contributed by atoms with van der Waals surface area (Å²) in [5, 5.41) is 9.05. The first-order valence-electron chi connectivity index (χ1n) is 5.91. The van der Waals surface area contributed by atoms with Crippen LogP contribution in [0.1, 0.15) is 10.4 Å². The van der Waals surface area contributed by atoms with Gasteiger partial charge in [0.2, 0.25) is 0 Å². The molecule has 0 saturated carbocycles. The summed E-state index contributed by atoms with van der Waals surface area (Å²) >= 11 is 1.93. The van der Waals surface area contributed by atoms with Crippen LogP contribution in [0.3, 0.4) is 0 Å². The number of hydrogen-bond donors (Lipinski definition) is 2. The molecule has 0 aliphatic heterocycles.